The highest BCUT2D eigenvalue weighted by atomic mass is 16.2. The summed E-state index contributed by atoms with van der Waals surface area (Å²) in [6, 6.07) is 13.5. The normalized spacial score (nSPS) is 13.2. The molecule has 2 amide bonds. The lowest BCUT2D eigenvalue weighted by Crippen LogP contribution is -2.26. The fraction of sp³-hybridized carbons (Fsp3) is 0.333. The van der Waals surface area contributed by atoms with Gasteiger partial charge in [0.05, 0.1) is 6.54 Å². The van der Waals surface area contributed by atoms with Gasteiger partial charge in [-0.1, -0.05) is 31.2 Å². The fourth-order valence-electron chi connectivity index (χ4n) is 2.88. The SMILES string of the molecule is CCc1cccc(C)c1NCC(=O)Nc1cccc(C(=O)NC2CC2)c1. The van der Waals surface area contributed by atoms with Crippen molar-refractivity contribution < 1.29 is 9.59 Å². The Balaban J connectivity index is 1.59. The highest BCUT2D eigenvalue weighted by Gasteiger charge is 2.23. The molecule has 1 fully saturated rings. The van der Waals surface area contributed by atoms with E-state index in [0.717, 1.165) is 30.5 Å². The Morgan fingerprint density at radius 2 is 1.88 bits per heavy atom. The first-order valence-corrected chi connectivity index (χ1v) is 9.10. The van der Waals surface area contributed by atoms with Crippen LogP contribution in [0.5, 0.6) is 0 Å². The molecule has 1 aliphatic rings. The molecule has 0 saturated heterocycles. The molecule has 0 unspecified atom stereocenters. The van der Waals surface area contributed by atoms with Gasteiger partial charge in [0.15, 0.2) is 0 Å². The molecule has 5 nitrogen and oxygen atoms in total. The summed E-state index contributed by atoms with van der Waals surface area (Å²) >= 11 is 0. The van der Waals surface area contributed by atoms with E-state index in [1.807, 2.05) is 19.1 Å². The molecule has 0 radical (unpaired) electrons. The topological polar surface area (TPSA) is 70.2 Å². The van der Waals surface area contributed by atoms with Crippen LogP contribution in [0, 0.1) is 6.92 Å². The van der Waals surface area contributed by atoms with Crippen LogP contribution in [0.15, 0.2) is 42.5 Å². The number of benzene rings is 2. The summed E-state index contributed by atoms with van der Waals surface area (Å²) in [5, 5.41) is 9.04. The Hall–Kier alpha value is -2.82. The first kappa shape index (κ1) is 18.0. The van der Waals surface area contributed by atoms with Gasteiger partial charge in [-0.05, 0) is 55.5 Å². The van der Waals surface area contributed by atoms with Gasteiger partial charge in [-0.15, -0.1) is 0 Å². The molecule has 26 heavy (non-hydrogen) atoms. The maximum atomic E-state index is 12.3. The molecule has 3 rings (SSSR count). The summed E-state index contributed by atoms with van der Waals surface area (Å²) in [4.78, 5) is 24.4. The van der Waals surface area contributed by atoms with E-state index >= 15 is 0 Å². The van der Waals surface area contributed by atoms with Crippen LogP contribution in [0.2, 0.25) is 0 Å². The molecule has 3 N–H and O–H groups in total. The second-order valence-corrected chi connectivity index (χ2v) is 6.69. The molecule has 0 bridgehead atoms. The molecule has 1 aliphatic carbocycles. The number of hydrogen-bond acceptors (Lipinski definition) is 3. The minimum atomic E-state index is -0.143. The van der Waals surface area contributed by atoms with E-state index in [0.29, 0.717) is 17.3 Å². The molecule has 5 heteroatoms. The number of amides is 2. The van der Waals surface area contributed by atoms with Crippen LogP contribution in [0.4, 0.5) is 11.4 Å². The highest BCUT2D eigenvalue weighted by molar-refractivity contribution is 5.98. The van der Waals surface area contributed by atoms with Crippen molar-refractivity contribution in [2.24, 2.45) is 0 Å². The zero-order chi connectivity index (χ0) is 18.5. The van der Waals surface area contributed by atoms with E-state index in [1.165, 1.54) is 5.56 Å². The maximum Gasteiger partial charge on any atom is 0.251 e. The standard InChI is InChI=1S/C21H25N3O2/c1-3-15-7-4-6-14(2)20(15)22-13-19(25)23-18-9-5-8-16(12-18)21(26)24-17-10-11-17/h4-9,12,17,22H,3,10-11,13H2,1-2H3,(H,23,25)(H,24,26). The average molecular weight is 351 g/mol. The van der Waals surface area contributed by atoms with Crippen LogP contribution in [-0.2, 0) is 11.2 Å². The summed E-state index contributed by atoms with van der Waals surface area (Å²) in [5.41, 5.74) is 4.52. The van der Waals surface area contributed by atoms with E-state index in [9.17, 15) is 9.59 Å². The summed E-state index contributed by atoms with van der Waals surface area (Å²) in [7, 11) is 0. The van der Waals surface area contributed by atoms with Crippen molar-refractivity contribution in [2.45, 2.75) is 39.2 Å². The number of rotatable bonds is 7. The number of anilines is 2. The first-order valence-electron chi connectivity index (χ1n) is 9.10. The summed E-state index contributed by atoms with van der Waals surface area (Å²) in [6.45, 7) is 4.30. The smallest absolute Gasteiger partial charge is 0.251 e. The van der Waals surface area contributed by atoms with Gasteiger partial charge < -0.3 is 16.0 Å². The van der Waals surface area contributed by atoms with Crippen LogP contribution in [0.1, 0.15) is 41.3 Å². The Kier molecular flexibility index (Phi) is 5.56. The van der Waals surface area contributed by atoms with E-state index in [-0.39, 0.29) is 18.4 Å². The lowest BCUT2D eigenvalue weighted by molar-refractivity contribution is -0.114. The molecule has 136 valence electrons. The number of carbonyl (C=O) groups excluding carboxylic acids is 2. The van der Waals surface area contributed by atoms with E-state index < -0.39 is 0 Å². The quantitative estimate of drug-likeness (QED) is 0.715. The van der Waals surface area contributed by atoms with Crippen molar-refractivity contribution in [1.82, 2.24) is 5.32 Å². The summed E-state index contributed by atoms with van der Waals surface area (Å²) < 4.78 is 0. The van der Waals surface area contributed by atoms with Crippen molar-refractivity contribution in [3.8, 4) is 0 Å². The predicted octanol–water partition coefficient (Wildman–Crippen LogP) is 3.50. The highest BCUT2D eigenvalue weighted by Crippen LogP contribution is 2.21. The van der Waals surface area contributed by atoms with Crippen LogP contribution >= 0.6 is 0 Å². The van der Waals surface area contributed by atoms with Gasteiger partial charge in [-0.2, -0.15) is 0 Å². The third kappa shape index (κ3) is 4.63. The van der Waals surface area contributed by atoms with Crippen molar-refractivity contribution in [3.63, 3.8) is 0 Å². The molecule has 0 spiro atoms. The maximum absolute atomic E-state index is 12.3. The zero-order valence-corrected chi connectivity index (χ0v) is 15.3. The largest absolute Gasteiger partial charge is 0.376 e. The van der Waals surface area contributed by atoms with Gasteiger partial charge >= 0.3 is 0 Å². The van der Waals surface area contributed by atoms with Crippen LogP contribution in [0.3, 0.4) is 0 Å². The van der Waals surface area contributed by atoms with E-state index in [2.05, 4.69) is 28.9 Å². The minimum absolute atomic E-state index is 0.0887. The molecular weight excluding hydrogens is 326 g/mol. The lowest BCUT2D eigenvalue weighted by Gasteiger charge is -2.14. The van der Waals surface area contributed by atoms with E-state index in [1.54, 1.807) is 24.3 Å². The number of nitrogens with one attached hydrogen (secondary N) is 3. The van der Waals surface area contributed by atoms with Crippen LogP contribution in [0.25, 0.3) is 0 Å². The first-order chi connectivity index (χ1) is 12.6. The second-order valence-electron chi connectivity index (χ2n) is 6.69. The van der Waals surface area contributed by atoms with Gasteiger partial charge in [0, 0.05) is 23.0 Å². The predicted molar refractivity (Wildman–Crippen MR) is 105 cm³/mol. The van der Waals surface area contributed by atoms with Crippen LogP contribution in [-0.4, -0.2) is 24.4 Å². The minimum Gasteiger partial charge on any atom is -0.376 e. The summed E-state index contributed by atoms with van der Waals surface area (Å²) in [5.74, 6) is -0.232. The fourth-order valence-corrected chi connectivity index (χ4v) is 2.88. The Bertz CT molecular complexity index is 813. The third-order valence-electron chi connectivity index (χ3n) is 4.49. The zero-order valence-electron chi connectivity index (χ0n) is 15.3. The molecule has 0 atom stereocenters. The van der Waals surface area contributed by atoms with Gasteiger partial charge in [0.2, 0.25) is 5.91 Å². The van der Waals surface area contributed by atoms with Crippen LogP contribution < -0.4 is 16.0 Å². The lowest BCUT2D eigenvalue weighted by atomic mass is 10.1. The summed E-state index contributed by atoms with van der Waals surface area (Å²) in [6.07, 6.45) is 3.00. The number of para-hydroxylation sites is 1. The average Bonchev–Trinajstić information content (AvgIpc) is 3.44. The molecule has 0 aromatic heterocycles. The number of carbonyl (C=O) groups is 2. The van der Waals surface area contributed by atoms with Crippen molar-refractivity contribution in [3.05, 3.63) is 59.2 Å². The number of aryl methyl sites for hydroxylation is 2. The van der Waals surface area contributed by atoms with Gasteiger partial charge in [0.25, 0.3) is 5.91 Å². The Morgan fingerprint density at radius 1 is 1.12 bits per heavy atom. The monoisotopic (exact) mass is 351 g/mol. The van der Waals surface area contributed by atoms with Crippen molar-refractivity contribution in [2.75, 3.05) is 17.2 Å². The third-order valence-corrected chi connectivity index (χ3v) is 4.49. The Labute approximate surface area is 154 Å². The molecule has 2 aromatic rings. The molecule has 1 saturated carbocycles. The van der Waals surface area contributed by atoms with Crippen molar-refractivity contribution >= 4 is 23.2 Å². The van der Waals surface area contributed by atoms with E-state index in [4.69, 9.17) is 0 Å². The molecular formula is C21H25N3O2. The molecule has 2 aromatic carbocycles. The Morgan fingerprint density at radius 3 is 2.62 bits per heavy atom. The van der Waals surface area contributed by atoms with Gasteiger partial charge in [-0.25, -0.2) is 0 Å². The second kappa shape index (κ2) is 8.04. The number of hydrogen-bond donors (Lipinski definition) is 3. The van der Waals surface area contributed by atoms with Gasteiger partial charge in [0.1, 0.15) is 0 Å². The molecule has 0 aliphatic heterocycles. The van der Waals surface area contributed by atoms with Gasteiger partial charge in [-0.3, -0.25) is 9.59 Å². The molecule has 0 heterocycles. The van der Waals surface area contributed by atoms with Crippen molar-refractivity contribution in [1.29, 1.82) is 0 Å².